The molecule has 1 heterocycles. The molecular formula is C19H20N4OS. The zero-order valence-electron chi connectivity index (χ0n) is 14.5. The van der Waals surface area contributed by atoms with Gasteiger partial charge in [0.15, 0.2) is 5.82 Å². The Bertz CT molecular complexity index is 904. The summed E-state index contributed by atoms with van der Waals surface area (Å²) in [7, 11) is 0. The number of rotatable bonds is 5. The molecule has 25 heavy (non-hydrogen) atoms. The molecule has 2 aromatic carbocycles. The summed E-state index contributed by atoms with van der Waals surface area (Å²) in [6.07, 6.45) is 0. The molecule has 0 aliphatic carbocycles. The normalized spacial score (nSPS) is 10.7. The maximum absolute atomic E-state index is 12.2. The number of nitrogens with one attached hydrogen (secondary N) is 2. The van der Waals surface area contributed by atoms with Crippen LogP contribution in [0.4, 0.5) is 5.69 Å². The van der Waals surface area contributed by atoms with Gasteiger partial charge in [-0.15, -0.1) is 5.10 Å². The maximum Gasteiger partial charge on any atom is 0.234 e. The third kappa shape index (κ3) is 4.09. The van der Waals surface area contributed by atoms with Crippen LogP contribution in [0, 0.1) is 20.8 Å². The first-order chi connectivity index (χ1) is 12.0. The number of aromatic nitrogens is 3. The second kappa shape index (κ2) is 7.53. The van der Waals surface area contributed by atoms with Crippen molar-refractivity contribution in [3.05, 3.63) is 59.2 Å². The van der Waals surface area contributed by atoms with Gasteiger partial charge in [-0.1, -0.05) is 48.2 Å². The van der Waals surface area contributed by atoms with Crippen molar-refractivity contribution in [2.75, 3.05) is 11.1 Å². The first-order valence-corrected chi connectivity index (χ1v) is 9.00. The molecule has 0 saturated carbocycles. The minimum absolute atomic E-state index is 0.0686. The van der Waals surface area contributed by atoms with Gasteiger partial charge in [-0.3, -0.25) is 9.89 Å². The molecule has 0 bridgehead atoms. The van der Waals surface area contributed by atoms with E-state index in [1.54, 1.807) is 0 Å². The Balaban J connectivity index is 1.62. The van der Waals surface area contributed by atoms with Crippen LogP contribution < -0.4 is 5.32 Å². The highest BCUT2D eigenvalue weighted by molar-refractivity contribution is 7.99. The molecule has 6 heteroatoms. The van der Waals surface area contributed by atoms with Gasteiger partial charge in [-0.2, -0.15) is 0 Å². The van der Waals surface area contributed by atoms with Crippen molar-refractivity contribution < 1.29 is 4.79 Å². The lowest BCUT2D eigenvalue weighted by molar-refractivity contribution is -0.113. The quantitative estimate of drug-likeness (QED) is 0.678. The van der Waals surface area contributed by atoms with E-state index in [-0.39, 0.29) is 11.7 Å². The smallest absolute Gasteiger partial charge is 0.234 e. The van der Waals surface area contributed by atoms with E-state index in [9.17, 15) is 4.79 Å². The number of carbonyl (C=O) groups is 1. The lowest BCUT2D eigenvalue weighted by atomic mass is 10.1. The summed E-state index contributed by atoms with van der Waals surface area (Å²) in [6.45, 7) is 6.06. The average Bonchev–Trinajstić information content (AvgIpc) is 3.06. The molecule has 1 aromatic heterocycles. The van der Waals surface area contributed by atoms with Crippen LogP contribution >= 0.6 is 11.8 Å². The summed E-state index contributed by atoms with van der Waals surface area (Å²) < 4.78 is 0. The van der Waals surface area contributed by atoms with Gasteiger partial charge in [0.2, 0.25) is 11.1 Å². The van der Waals surface area contributed by atoms with Gasteiger partial charge < -0.3 is 5.32 Å². The van der Waals surface area contributed by atoms with Crippen LogP contribution in [0.1, 0.15) is 16.7 Å². The molecule has 0 aliphatic heterocycles. The molecule has 0 spiro atoms. The summed E-state index contributed by atoms with van der Waals surface area (Å²) >= 11 is 1.31. The highest BCUT2D eigenvalue weighted by atomic mass is 32.2. The van der Waals surface area contributed by atoms with Crippen molar-refractivity contribution in [2.45, 2.75) is 25.9 Å². The van der Waals surface area contributed by atoms with E-state index in [1.807, 2.05) is 63.2 Å². The van der Waals surface area contributed by atoms with E-state index < -0.39 is 0 Å². The van der Waals surface area contributed by atoms with Crippen LogP contribution in [0.15, 0.2) is 47.6 Å². The fraction of sp³-hybridized carbons (Fsp3) is 0.211. The molecule has 0 fully saturated rings. The van der Waals surface area contributed by atoms with E-state index >= 15 is 0 Å². The van der Waals surface area contributed by atoms with Gasteiger partial charge in [0.1, 0.15) is 0 Å². The topological polar surface area (TPSA) is 70.7 Å². The maximum atomic E-state index is 12.2. The number of aryl methyl sites for hydroxylation is 2. The van der Waals surface area contributed by atoms with E-state index in [2.05, 4.69) is 20.5 Å². The van der Waals surface area contributed by atoms with Crippen LogP contribution in [0.25, 0.3) is 11.4 Å². The molecule has 5 nitrogen and oxygen atoms in total. The molecule has 1 amide bonds. The highest BCUT2D eigenvalue weighted by Gasteiger charge is 2.11. The zero-order valence-corrected chi connectivity index (χ0v) is 15.3. The molecule has 0 atom stereocenters. The number of hydrogen-bond acceptors (Lipinski definition) is 4. The van der Waals surface area contributed by atoms with Gasteiger partial charge in [0.25, 0.3) is 0 Å². The second-order valence-electron chi connectivity index (χ2n) is 5.87. The summed E-state index contributed by atoms with van der Waals surface area (Å²) in [5.41, 5.74) is 5.23. The lowest BCUT2D eigenvalue weighted by Gasteiger charge is -2.09. The number of anilines is 1. The third-order valence-corrected chi connectivity index (χ3v) is 4.92. The SMILES string of the molecule is Cc1ccccc1-c1nc(SCC(=O)Nc2cccc(C)c2C)n[nH]1. The number of carbonyl (C=O) groups excluding carboxylic acids is 1. The number of amides is 1. The van der Waals surface area contributed by atoms with Gasteiger partial charge in [-0.25, -0.2) is 4.98 Å². The fourth-order valence-corrected chi connectivity index (χ4v) is 3.07. The van der Waals surface area contributed by atoms with Crippen molar-refractivity contribution in [2.24, 2.45) is 0 Å². The van der Waals surface area contributed by atoms with E-state index in [4.69, 9.17) is 0 Å². The number of H-pyrrole nitrogens is 1. The largest absolute Gasteiger partial charge is 0.325 e. The van der Waals surface area contributed by atoms with Gasteiger partial charge in [0.05, 0.1) is 5.75 Å². The first kappa shape index (κ1) is 17.2. The molecule has 0 saturated heterocycles. The predicted octanol–water partition coefficient (Wildman–Crippen LogP) is 4.13. The van der Waals surface area contributed by atoms with Crippen molar-refractivity contribution in [3.8, 4) is 11.4 Å². The van der Waals surface area contributed by atoms with Crippen molar-refractivity contribution in [3.63, 3.8) is 0 Å². The second-order valence-corrected chi connectivity index (χ2v) is 6.81. The third-order valence-electron chi connectivity index (χ3n) is 4.08. The van der Waals surface area contributed by atoms with Crippen LogP contribution in [-0.2, 0) is 4.79 Å². The van der Waals surface area contributed by atoms with Crippen molar-refractivity contribution in [1.82, 2.24) is 15.2 Å². The van der Waals surface area contributed by atoms with E-state index in [1.165, 1.54) is 11.8 Å². The Morgan fingerprint density at radius 1 is 1.08 bits per heavy atom. The number of thioether (sulfide) groups is 1. The standard InChI is InChI=1S/C19H20N4OS/c1-12-8-6-10-16(14(12)3)20-17(24)11-25-19-21-18(22-23-19)15-9-5-4-7-13(15)2/h4-10H,11H2,1-3H3,(H,20,24)(H,21,22,23). The Hall–Kier alpha value is -2.60. The van der Waals surface area contributed by atoms with Crippen molar-refractivity contribution >= 4 is 23.4 Å². The van der Waals surface area contributed by atoms with Crippen LogP contribution in [0.2, 0.25) is 0 Å². The molecule has 2 N–H and O–H groups in total. The number of hydrogen-bond donors (Lipinski definition) is 2. The molecule has 0 radical (unpaired) electrons. The summed E-state index contributed by atoms with van der Waals surface area (Å²) in [5, 5.41) is 10.6. The molecular weight excluding hydrogens is 332 g/mol. The molecule has 3 aromatic rings. The first-order valence-electron chi connectivity index (χ1n) is 8.02. The average molecular weight is 352 g/mol. The minimum atomic E-state index is -0.0686. The molecule has 3 rings (SSSR count). The molecule has 0 unspecified atom stereocenters. The zero-order chi connectivity index (χ0) is 17.8. The van der Waals surface area contributed by atoms with Gasteiger partial charge in [0, 0.05) is 11.3 Å². The Kier molecular flexibility index (Phi) is 5.19. The highest BCUT2D eigenvalue weighted by Crippen LogP contribution is 2.23. The Morgan fingerprint density at radius 3 is 2.64 bits per heavy atom. The van der Waals surface area contributed by atoms with Crippen LogP contribution in [-0.4, -0.2) is 26.8 Å². The van der Waals surface area contributed by atoms with Crippen molar-refractivity contribution in [1.29, 1.82) is 0 Å². The minimum Gasteiger partial charge on any atom is -0.325 e. The number of nitrogens with zero attached hydrogens (tertiary/aromatic N) is 2. The lowest BCUT2D eigenvalue weighted by Crippen LogP contribution is -2.15. The monoisotopic (exact) mass is 352 g/mol. The van der Waals surface area contributed by atoms with Gasteiger partial charge in [-0.05, 0) is 43.5 Å². The molecule has 0 aliphatic rings. The van der Waals surface area contributed by atoms with E-state index in [0.717, 1.165) is 33.8 Å². The van der Waals surface area contributed by atoms with E-state index in [0.29, 0.717) is 5.16 Å². The summed E-state index contributed by atoms with van der Waals surface area (Å²) in [6, 6.07) is 13.9. The summed E-state index contributed by atoms with van der Waals surface area (Å²) in [4.78, 5) is 16.7. The Morgan fingerprint density at radius 2 is 1.84 bits per heavy atom. The predicted molar refractivity (Wildman–Crippen MR) is 102 cm³/mol. The van der Waals surface area contributed by atoms with Gasteiger partial charge >= 0.3 is 0 Å². The van der Waals surface area contributed by atoms with Crippen LogP contribution in [0.5, 0.6) is 0 Å². The number of aromatic amines is 1. The summed E-state index contributed by atoms with van der Waals surface area (Å²) in [5.74, 6) is 0.912. The Labute approximate surface area is 151 Å². The molecule has 128 valence electrons. The van der Waals surface area contributed by atoms with Crippen LogP contribution in [0.3, 0.4) is 0 Å². The fourth-order valence-electron chi connectivity index (χ4n) is 2.47. The number of benzene rings is 2.